The number of ether oxygens (including phenoxy) is 10. The fourth-order valence-corrected chi connectivity index (χ4v) is 12.9. The van der Waals surface area contributed by atoms with Crippen molar-refractivity contribution in [2.75, 3.05) is 21.3 Å². The Morgan fingerprint density at radius 3 is 1.85 bits per heavy atom. The fourth-order valence-electron chi connectivity index (χ4n) is 12.9. The number of carbonyl (C=O) groups excluding carboxylic acids is 2. The summed E-state index contributed by atoms with van der Waals surface area (Å²) >= 11 is 0. The Balaban J connectivity index is 1.01. The maximum atomic E-state index is 13.5. The van der Waals surface area contributed by atoms with E-state index in [-0.39, 0.29) is 49.9 Å². The van der Waals surface area contributed by atoms with Crippen LogP contribution in [0.15, 0.2) is 23.3 Å². The monoisotopic (exact) mass is 923 g/mol. The van der Waals surface area contributed by atoms with Crippen molar-refractivity contribution in [1.29, 1.82) is 0 Å². The van der Waals surface area contributed by atoms with E-state index in [4.69, 9.17) is 47.4 Å². The number of esters is 1. The topological polar surface area (TPSA) is 207 Å². The fraction of sp³-hybridized carbons (Fsp3) is 0.878. The highest BCUT2D eigenvalue weighted by molar-refractivity contribution is 5.87. The second kappa shape index (κ2) is 19.1. The molecule has 0 amide bonds. The van der Waals surface area contributed by atoms with Gasteiger partial charge in [-0.05, 0) is 97.8 Å². The van der Waals surface area contributed by atoms with Crippen molar-refractivity contribution in [2.45, 2.75) is 229 Å². The summed E-state index contributed by atoms with van der Waals surface area (Å²) in [6.45, 7) is 16.4. The third kappa shape index (κ3) is 8.75. The zero-order chi connectivity index (χ0) is 47.6. The van der Waals surface area contributed by atoms with Crippen molar-refractivity contribution >= 4 is 11.8 Å². The molecule has 0 spiro atoms. The van der Waals surface area contributed by atoms with Crippen LogP contribution in [0.3, 0.4) is 0 Å². The van der Waals surface area contributed by atoms with Gasteiger partial charge in [-0.15, -0.1) is 0 Å². The number of aliphatic hydroxyl groups is 4. The molecule has 3 heterocycles. The Kier molecular flexibility index (Phi) is 15.0. The molecule has 3 saturated carbocycles. The van der Waals surface area contributed by atoms with Gasteiger partial charge in [0.25, 0.3) is 0 Å². The molecule has 3 aliphatic heterocycles. The van der Waals surface area contributed by atoms with Gasteiger partial charge in [-0.1, -0.05) is 38.0 Å². The molecule has 3 saturated heterocycles. The predicted molar refractivity (Wildman–Crippen MR) is 234 cm³/mol. The van der Waals surface area contributed by atoms with Crippen LogP contribution in [-0.4, -0.2) is 156 Å². The van der Waals surface area contributed by atoms with Crippen LogP contribution < -0.4 is 0 Å². The second-order valence-corrected chi connectivity index (χ2v) is 21.0. The van der Waals surface area contributed by atoms with Crippen LogP contribution in [0.4, 0.5) is 0 Å². The summed E-state index contributed by atoms with van der Waals surface area (Å²) in [6, 6.07) is 0. The minimum absolute atomic E-state index is 0.0276. The molecule has 0 aromatic carbocycles. The minimum atomic E-state index is -2.02. The molecule has 0 radical (unpaired) electrons. The Labute approximate surface area is 384 Å². The summed E-state index contributed by atoms with van der Waals surface area (Å²) < 4.78 is 62.1. The predicted octanol–water partition coefficient (Wildman–Crippen LogP) is 4.59. The Morgan fingerprint density at radius 2 is 1.31 bits per heavy atom. The van der Waals surface area contributed by atoms with Gasteiger partial charge < -0.3 is 67.8 Å². The molecule has 0 bridgehead atoms. The van der Waals surface area contributed by atoms with Crippen molar-refractivity contribution < 1.29 is 77.4 Å². The van der Waals surface area contributed by atoms with Gasteiger partial charge in [0.15, 0.2) is 24.7 Å². The van der Waals surface area contributed by atoms with Gasteiger partial charge in [0, 0.05) is 52.6 Å². The minimum Gasteiger partial charge on any atom is -0.458 e. The van der Waals surface area contributed by atoms with E-state index in [1.54, 1.807) is 35.2 Å². The first kappa shape index (κ1) is 51.0. The summed E-state index contributed by atoms with van der Waals surface area (Å²) in [5.41, 5.74) is -6.04. The first-order valence-electron chi connectivity index (χ1n) is 24.0. The number of methoxy groups -OCH3 is 3. The summed E-state index contributed by atoms with van der Waals surface area (Å²) in [6.07, 6.45) is -0.620. The van der Waals surface area contributed by atoms with Crippen LogP contribution >= 0.6 is 0 Å². The SMILES string of the molecule is CO[C@H]1C[C@@H](O[C@@H]2[C@H](C)O[C@@H](O[C@@H]3[C@H](C)O[C@@H](O[C@H]4CC[C@@]5(C)C(=CC[C@@]6(O)[C@H]5C[C@@H](OC(=O)/C=C(\C)C(C)C)[C@@]5(C)[C@]6(O)CC[C@@]5(O)C(C)=O)C4)C[C@@H]3OC)C[C@@H]2OC)O[C@H](C)[C@H]1O. The van der Waals surface area contributed by atoms with Crippen molar-refractivity contribution in [1.82, 2.24) is 0 Å². The third-order valence-electron chi connectivity index (χ3n) is 17.4. The number of carbonyl (C=O) groups is 2. The maximum absolute atomic E-state index is 13.5. The van der Waals surface area contributed by atoms with Crippen LogP contribution in [0.25, 0.3) is 0 Å². The lowest BCUT2D eigenvalue weighted by molar-refractivity contribution is -0.338. The largest absolute Gasteiger partial charge is 0.458 e. The van der Waals surface area contributed by atoms with E-state index in [1.807, 2.05) is 40.7 Å². The highest BCUT2D eigenvalue weighted by Crippen LogP contribution is 2.71. The first-order chi connectivity index (χ1) is 30.5. The lowest BCUT2D eigenvalue weighted by atomic mass is 9.42. The molecule has 0 unspecified atom stereocenters. The van der Waals surface area contributed by atoms with E-state index in [1.165, 1.54) is 13.0 Å². The molecular weight excluding hydrogens is 845 g/mol. The zero-order valence-corrected chi connectivity index (χ0v) is 40.7. The van der Waals surface area contributed by atoms with Crippen molar-refractivity contribution in [3.8, 4) is 0 Å². The van der Waals surface area contributed by atoms with E-state index >= 15 is 0 Å². The van der Waals surface area contributed by atoms with E-state index in [2.05, 4.69) is 6.92 Å². The first-order valence-corrected chi connectivity index (χ1v) is 24.0. The van der Waals surface area contributed by atoms with Crippen molar-refractivity contribution in [2.24, 2.45) is 22.7 Å². The molecule has 16 nitrogen and oxygen atoms in total. The smallest absolute Gasteiger partial charge is 0.330 e. The highest BCUT2D eigenvalue weighted by atomic mass is 16.7. The summed E-state index contributed by atoms with van der Waals surface area (Å²) in [7, 11) is 4.84. The number of hydrogen-bond donors (Lipinski definition) is 4. The van der Waals surface area contributed by atoms with Crippen molar-refractivity contribution in [3.63, 3.8) is 0 Å². The summed E-state index contributed by atoms with van der Waals surface area (Å²) in [5.74, 6) is -1.59. The quantitative estimate of drug-likeness (QED) is 0.113. The molecule has 20 atom stereocenters. The Bertz CT molecular complexity index is 1790. The van der Waals surface area contributed by atoms with Crippen LogP contribution in [0.1, 0.15) is 127 Å². The standard InChI is InChI=1S/C49H78O16/c1-25(2)26(3)19-38(51)63-37-24-36-45(8)15-14-32(20-31(45)13-16-48(36,54)49(55)18-17-47(53,30(7)50)46(37,49)9)62-39-22-34(57-11)43(28(5)60-39)65-41-23-35(58-12)44(29(6)61-41)64-40-21-33(56-10)42(52)27(4)59-40/h13,19,25,27-29,32-37,39-44,52-55H,14-18,20-24H2,1-12H3/b26-19+/t27-,28+,29+,32+,33+,34+,35+,36+,37-,39+,40-,41+,42-,43-,44-,45+,46-,47-,48-,49-/m1/s1. The van der Waals surface area contributed by atoms with Gasteiger partial charge in [-0.2, -0.15) is 0 Å². The van der Waals surface area contributed by atoms with Crippen molar-refractivity contribution in [3.05, 3.63) is 23.3 Å². The van der Waals surface area contributed by atoms with Crippen LogP contribution in [0, 0.1) is 22.7 Å². The van der Waals surface area contributed by atoms with Crippen LogP contribution in [0.2, 0.25) is 0 Å². The average Bonchev–Trinajstić information content (AvgIpc) is 3.48. The molecule has 0 aromatic rings. The van der Waals surface area contributed by atoms with Crippen LogP contribution in [0.5, 0.6) is 0 Å². The molecule has 7 rings (SSSR count). The second-order valence-electron chi connectivity index (χ2n) is 21.0. The number of fused-ring (bicyclic) bond motifs is 5. The van der Waals surface area contributed by atoms with E-state index in [0.717, 1.165) is 11.1 Å². The lowest BCUT2D eigenvalue weighted by Crippen LogP contribution is -2.78. The number of Topliss-reactive ketones (excluding diaryl/α,β-unsaturated/α-hetero) is 1. The maximum Gasteiger partial charge on any atom is 0.330 e. The van der Waals surface area contributed by atoms with Gasteiger partial charge in [0.2, 0.25) is 0 Å². The number of aliphatic hydroxyl groups excluding tert-OH is 1. The molecule has 4 aliphatic carbocycles. The summed E-state index contributed by atoms with van der Waals surface area (Å²) in [4.78, 5) is 26.8. The molecule has 7 aliphatic rings. The van der Waals surface area contributed by atoms with E-state index in [9.17, 15) is 30.0 Å². The number of hydrogen-bond acceptors (Lipinski definition) is 16. The number of ketones is 1. The van der Waals surface area contributed by atoms with Gasteiger partial charge in [-0.25, -0.2) is 4.79 Å². The Hall–Kier alpha value is -1.90. The van der Waals surface area contributed by atoms with Gasteiger partial charge >= 0.3 is 5.97 Å². The van der Waals surface area contributed by atoms with E-state index < -0.39 is 113 Å². The molecule has 6 fully saturated rings. The van der Waals surface area contributed by atoms with Crippen LogP contribution in [-0.2, 0) is 57.0 Å². The molecule has 0 aromatic heterocycles. The van der Waals surface area contributed by atoms with Gasteiger partial charge in [-0.3, -0.25) is 4.79 Å². The lowest BCUT2D eigenvalue weighted by Gasteiger charge is -2.67. The average molecular weight is 923 g/mol. The zero-order valence-electron chi connectivity index (χ0n) is 40.7. The number of rotatable bonds is 13. The number of allylic oxidation sites excluding steroid dienone is 1. The van der Waals surface area contributed by atoms with Gasteiger partial charge in [0.1, 0.15) is 41.2 Å². The summed E-state index contributed by atoms with van der Waals surface area (Å²) in [5, 5.41) is 48.3. The van der Waals surface area contributed by atoms with Gasteiger partial charge in [0.05, 0.1) is 48.1 Å². The molecule has 65 heavy (non-hydrogen) atoms. The molecular formula is C49H78O16. The molecule has 370 valence electrons. The molecule has 16 heteroatoms. The highest BCUT2D eigenvalue weighted by Gasteiger charge is 2.81. The Morgan fingerprint density at radius 1 is 0.769 bits per heavy atom. The normalized spacial score (nSPS) is 49.1. The molecule has 4 N–H and O–H groups in total. The third-order valence-corrected chi connectivity index (χ3v) is 17.4. The van der Waals surface area contributed by atoms with E-state index in [0.29, 0.717) is 38.5 Å².